The number of carbonyl (C=O) groups is 2. The van der Waals surface area contributed by atoms with Crippen molar-refractivity contribution in [1.29, 1.82) is 0 Å². The number of nitro benzene ring substituents is 1. The molecule has 0 saturated heterocycles. The molecule has 0 aliphatic rings. The molecule has 13 heteroatoms. The predicted molar refractivity (Wildman–Crippen MR) is 212 cm³/mol. The van der Waals surface area contributed by atoms with Crippen molar-refractivity contribution in [2.24, 2.45) is 0 Å². The van der Waals surface area contributed by atoms with Gasteiger partial charge in [0.1, 0.15) is 5.82 Å². The maximum Gasteiger partial charge on any atom is 0.270 e. The number of nitrogens with zero attached hydrogens (tertiary/aromatic N) is 2. The normalized spacial score (nSPS) is 10.4. The average molecular weight is 902 g/mol. The Morgan fingerprint density at radius 3 is 1.86 bits per heavy atom. The van der Waals surface area contributed by atoms with E-state index in [-0.39, 0.29) is 35.9 Å². The highest BCUT2D eigenvalue weighted by Crippen LogP contribution is 2.29. The number of anilines is 5. The number of carbonyl (C=O) groups excluding carboxylic acids is 2. The highest BCUT2D eigenvalue weighted by atomic mass is 127. The molecule has 0 aliphatic heterocycles. The fraction of sp³-hybridized carbons (Fsp3) is 0.135. The van der Waals surface area contributed by atoms with E-state index in [1.54, 1.807) is 13.1 Å². The lowest BCUT2D eigenvalue weighted by Gasteiger charge is -2.20. The van der Waals surface area contributed by atoms with Gasteiger partial charge in [0.05, 0.1) is 34.0 Å². The third kappa shape index (κ3) is 10.2. The summed E-state index contributed by atoms with van der Waals surface area (Å²) in [5, 5.41) is 28.7. The molecule has 0 unspecified atom stereocenters. The Balaban J connectivity index is 0.000000226. The number of halogens is 3. The SMILES string of the molecule is Cc1cc(I)ccc1Nc1ccc(F)cc1C(=O)N(C)c1ccccc1.Cc1cc(I)ccc1Nc1ccc([N+](=O)[O-])cc1C(=O)NCCO. The Hall–Kier alpha value is -4.61. The van der Waals surface area contributed by atoms with E-state index in [2.05, 4.69) is 61.1 Å². The second-order valence-corrected chi connectivity index (χ2v) is 13.5. The molecule has 0 radical (unpaired) electrons. The highest BCUT2D eigenvalue weighted by Gasteiger charge is 2.19. The number of aliphatic hydroxyl groups is 1. The monoisotopic (exact) mass is 901 g/mol. The van der Waals surface area contributed by atoms with Gasteiger partial charge in [-0.3, -0.25) is 19.7 Å². The van der Waals surface area contributed by atoms with E-state index in [0.29, 0.717) is 11.4 Å². The molecule has 4 N–H and O–H groups in total. The van der Waals surface area contributed by atoms with Crippen LogP contribution in [0.2, 0.25) is 0 Å². The molecule has 0 fully saturated rings. The summed E-state index contributed by atoms with van der Waals surface area (Å²) < 4.78 is 16.1. The summed E-state index contributed by atoms with van der Waals surface area (Å²) in [6, 6.07) is 29.3. The van der Waals surface area contributed by atoms with E-state index in [1.165, 1.54) is 35.2 Å². The third-order valence-electron chi connectivity index (χ3n) is 7.43. The van der Waals surface area contributed by atoms with Crippen molar-refractivity contribution in [3.05, 3.63) is 148 Å². The molecule has 258 valence electrons. The Morgan fingerprint density at radius 2 is 1.32 bits per heavy atom. The van der Waals surface area contributed by atoms with Crippen LogP contribution in [0.15, 0.2) is 103 Å². The Labute approximate surface area is 316 Å². The third-order valence-corrected chi connectivity index (χ3v) is 8.77. The molecule has 0 spiro atoms. The second kappa shape index (κ2) is 17.9. The summed E-state index contributed by atoms with van der Waals surface area (Å²) in [5.41, 5.74) is 5.77. The molecule has 2 amide bonds. The second-order valence-electron chi connectivity index (χ2n) is 11.0. The predicted octanol–water partition coefficient (Wildman–Crippen LogP) is 8.73. The van der Waals surface area contributed by atoms with Gasteiger partial charge in [-0.2, -0.15) is 0 Å². The zero-order valence-corrected chi connectivity index (χ0v) is 31.7. The van der Waals surface area contributed by atoms with E-state index in [4.69, 9.17) is 5.11 Å². The smallest absolute Gasteiger partial charge is 0.270 e. The quantitative estimate of drug-likeness (QED) is 0.0626. The van der Waals surface area contributed by atoms with Gasteiger partial charge in [0.25, 0.3) is 17.5 Å². The minimum atomic E-state index is -0.553. The molecule has 0 bridgehead atoms. The zero-order valence-electron chi connectivity index (χ0n) is 27.3. The molecule has 5 aromatic carbocycles. The Bertz CT molecular complexity index is 2010. The molecule has 0 aliphatic carbocycles. The number of non-ortho nitro benzene ring substituents is 1. The topological polar surface area (TPSA) is 137 Å². The maximum atomic E-state index is 13.8. The number of hydrogen-bond acceptors (Lipinski definition) is 7. The molecule has 0 saturated carbocycles. The number of nitro groups is 1. The molecule has 0 atom stereocenters. The van der Waals surface area contributed by atoms with Crippen LogP contribution in [-0.4, -0.2) is 42.0 Å². The fourth-order valence-corrected chi connectivity index (χ4v) is 6.08. The molecular formula is C37H34FI2N5O5. The van der Waals surface area contributed by atoms with Crippen LogP contribution in [0.25, 0.3) is 0 Å². The Morgan fingerprint density at radius 1 is 0.780 bits per heavy atom. The molecule has 0 aromatic heterocycles. The minimum absolute atomic E-state index is 0.0729. The first-order valence-corrected chi connectivity index (χ1v) is 17.4. The number of para-hydroxylation sites is 1. The molecule has 50 heavy (non-hydrogen) atoms. The van der Waals surface area contributed by atoms with E-state index in [0.717, 1.165) is 35.3 Å². The van der Waals surface area contributed by atoms with Crippen LogP contribution in [0.1, 0.15) is 31.8 Å². The van der Waals surface area contributed by atoms with Crippen LogP contribution >= 0.6 is 45.2 Å². The standard InChI is InChI=1S/C21H18FIN2O.C16H16IN3O4/c1-14-12-16(23)9-11-19(14)24-20-10-8-15(22)13-18(20)21(26)25(2)17-6-4-3-5-7-17;1-10-8-11(17)2-4-14(10)19-15-5-3-12(20(23)24)9-13(15)16(22)18-6-7-21/h3-13,24H,1-2H3;2-5,8-9,19,21H,6-7H2,1H3,(H,18,22). The molecule has 5 rings (SSSR count). The fourth-order valence-electron chi connectivity index (χ4n) is 4.78. The maximum absolute atomic E-state index is 13.8. The minimum Gasteiger partial charge on any atom is -0.395 e. The number of rotatable bonds is 10. The first-order valence-electron chi connectivity index (χ1n) is 15.2. The van der Waals surface area contributed by atoms with Crippen molar-refractivity contribution in [2.75, 3.05) is 35.7 Å². The van der Waals surface area contributed by atoms with Crippen molar-refractivity contribution >= 4 is 91.1 Å². The van der Waals surface area contributed by atoms with E-state index in [9.17, 15) is 24.1 Å². The van der Waals surface area contributed by atoms with Crippen LogP contribution in [0.4, 0.5) is 38.5 Å². The van der Waals surface area contributed by atoms with Gasteiger partial charge in [0, 0.05) is 49.9 Å². The number of aliphatic hydroxyl groups excluding tert-OH is 1. The van der Waals surface area contributed by atoms with Crippen molar-refractivity contribution in [3.8, 4) is 0 Å². The van der Waals surface area contributed by atoms with E-state index >= 15 is 0 Å². The van der Waals surface area contributed by atoms with Crippen molar-refractivity contribution < 1.29 is 24.0 Å². The molecular weight excluding hydrogens is 867 g/mol. The van der Waals surface area contributed by atoms with Crippen LogP contribution in [0.5, 0.6) is 0 Å². The lowest BCUT2D eigenvalue weighted by molar-refractivity contribution is -0.384. The summed E-state index contributed by atoms with van der Waals surface area (Å²) >= 11 is 4.46. The first-order chi connectivity index (χ1) is 23.9. The Kier molecular flexibility index (Phi) is 13.6. The van der Waals surface area contributed by atoms with Gasteiger partial charge in [-0.25, -0.2) is 4.39 Å². The summed E-state index contributed by atoms with van der Waals surface area (Å²) in [6.07, 6.45) is 0. The van der Waals surface area contributed by atoms with Crippen molar-refractivity contribution in [3.63, 3.8) is 0 Å². The van der Waals surface area contributed by atoms with Crippen molar-refractivity contribution in [1.82, 2.24) is 5.32 Å². The highest BCUT2D eigenvalue weighted by molar-refractivity contribution is 14.1. The van der Waals surface area contributed by atoms with E-state index < -0.39 is 16.6 Å². The average Bonchev–Trinajstić information content (AvgIpc) is 3.10. The van der Waals surface area contributed by atoms with Crippen LogP contribution in [-0.2, 0) is 0 Å². The van der Waals surface area contributed by atoms with Crippen molar-refractivity contribution in [2.45, 2.75) is 13.8 Å². The van der Waals surface area contributed by atoms with E-state index in [1.807, 2.05) is 80.6 Å². The lowest BCUT2D eigenvalue weighted by atomic mass is 10.1. The summed E-state index contributed by atoms with van der Waals surface area (Å²) in [5.74, 6) is -1.21. The van der Waals surface area contributed by atoms with Gasteiger partial charge in [0.2, 0.25) is 0 Å². The largest absolute Gasteiger partial charge is 0.395 e. The summed E-state index contributed by atoms with van der Waals surface area (Å²) in [4.78, 5) is 37.1. The first kappa shape index (κ1) is 38.2. The zero-order chi connectivity index (χ0) is 36.4. The van der Waals surface area contributed by atoms with Gasteiger partial charge in [-0.15, -0.1) is 0 Å². The van der Waals surface area contributed by atoms with Crippen LogP contribution in [0.3, 0.4) is 0 Å². The molecule has 0 heterocycles. The van der Waals surface area contributed by atoms with Gasteiger partial charge in [-0.05, 0) is 143 Å². The van der Waals surface area contributed by atoms with Gasteiger partial charge in [0.15, 0.2) is 0 Å². The van der Waals surface area contributed by atoms with Gasteiger partial charge >= 0.3 is 0 Å². The lowest BCUT2D eigenvalue weighted by Crippen LogP contribution is -2.27. The number of nitrogens with one attached hydrogen (secondary N) is 3. The van der Waals surface area contributed by atoms with Gasteiger partial charge < -0.3 is 26.0 Å². The van der Waals surface area contributed by atoms with Gasteiger partial charge in [-0.1, -0.05) is 18.2 Å². The molecule has 10 nitrogen and oxygen atoms in total. The number of benzene rings is 5. The number of amides is 2. The number of hydrogen-bond donors (Lipinski definition) is 4. The summed E-state index contributed by atoms with van der Waals surface area (Å²) in [7, 11) is 1.68. The summed E-state index contributed by atoms with van der Waals surface area (Å²) in [6.45, 7) is 3.79. The van der Waals surface area contributed by atoms with Crippen LogP contribution < -0.4 is 20.9 Å². The number of aryl methyl sites for hydroxylation is 2. The molecule has 5 aromatic rings. The van der Waals surface area contributed by atoms with Crippen LogP contribution in [0, 0.1) is 36.9 Å².